The van der Waals surface area contributed by atoms with E-state index in [1.54, 1.807) is 6.07 Å². The second kappa shape index (κ2) is 7.50. The summed E-state index contributed by atoms with van der Waals surface area (Å²) in [7, 11) is -1.72. The molecule has 2 fully saturated rings. The van der Waals surface area contributed by atoms with E-state index in [2.05, 4.69) is 11.8 Å². The van der Waals surface area contributed by atoms with Gasteiger partial charge in [-0.3, -0.25) is 10.1 Å². The molecule has 0 saturated carbocycles. The van der Waals surface area contributed by atoms with Crippen LogP contribution in [-0.4, -0.2) is 64.0 Å². The van der Waals surface area contributed by atoms with Gasteiger partial charge in [0.2, 0.25) is 10.0 Å². The van der Waals surface area contributed by atoms with Crippen LogP contribution in [0.15, 0.2) is 23.1 Å². The lowest BCUT2D eigenvalue weighted by Crippen LogP contribution is -3.12. The minimum Gasteiger partial charge on any atom is -0.370 e. The highest BCUT2D eigenvalue weighted by molar-refractivity contribution is 7.89. The van der Waals surface area contributed by atoms with E-state index in [-0.39, 0.29) is 10.6 Å². The number of nitrogens with zero attached hydrogens (tertiary/aromatic N) is 3. The number of hydrogen-bond acceptors (Lipinski definition) is 5. The summed E-state index contributed by atoms with van der Waals surface area (Å²) in [5.41, 5.74) is 0.409. The first-order valence-electron chi connectivity index (χ1n) is 9.14. The van der Waals surface area contributed by atoms with Gasteiger partial charge in [0.1, 0.15) is 4.90 Å². The average Bonchev–Trinajstić information content (AvgIpc) is 2.62. The molecule has 2 aliphatic heterocycles. The van der Waals surface area contributed by atoms with Gasteiger partial charge in [-0.1, -0.05) is 6.92 Å². The van der Waals surface area contributed by atoms with Gasteiger partial charge in [0.25, 0.3) is 5.69 Å². The molecule has 144 valence electrons. The van der Waals surface area contributed by atoms with Crippen LogP contribution in [0.2, 0.25) is 0 Å². The van der Waals surface area contributed by atoms with Crippen LogP contribution in [0.1, 0.15) is 19.8 Å². The highest BCUT2D eigenvalue weighted by Gasteiger charge is 2.34. The van der Waals surface area contributed by atoms with E-state index in [0.29, 0.717) is 24.7 Å². The largest absolute Gasteiger partial charge is 0.370 e. The quantitative estimate of drug-likeness (QED) is 0.599. The number of nitrogens with one attached hydrogen (secondary N) is 1. The molecule has 0 bridgehead atoms. The summed E-state index contributed by atoms with van der Waals surface area (Å²) in [6.45, 7) is 6.09. The number of non-ortho nitro benzene ring substituents is 1. The Kier molecular flexibility index (Phi) is 5.50. The van der Waals surface area contributed by atoms with Crippen LogP contribution in [0.3, 0.4) is 0 Å². The highest BCUT2D eigenvalue weighted by atomic mass is 32.2. The molecule has 26 heavy (non-hydrogen) atoms. The van der Waals surface area contributed by atoms with Gasteiger partial charge in [0, 0.05) is 25.2 Å². The first-order valence-corrected chi connectivity index (χ1v) is 10.6. The Labute approximate surface area is 154 Å². The number of nitro groups is 1. The Hall–Kier alpha value is -1.71. The maximum Gasteiger partial charge on any atom is 0.270 e. The van der Waals surface area contributed by atoms with Gasteiger partial charge in [0.05, 0.1) is 43.8 Å². The van der Waals surface area contributed by atoms with Crippen molar-refractivity contribution in [3.8, 4) is 0 Å². The fourth-order valence-corrected chi connectivity index (χ4v) is 5.25. The fraction of sp³-hybridized carbons (Fsp3) is 0.647. The molecule has 1 N–H and O–H groups in total. The molecule has 8 nitrogen and oxygen atoms in total. The van der Waals surface area contributed by atoms with Crippen molar-refractivity contribution < 1.29 is 18.2 Å². The summed E-state index contributed by atoms with van der Waals surface area (Å²) in [5.74, 6) is 0.616. The Morgan fingerprint density at radius 2 is 1.77 bits per heavy atom. The number of quaternary nitrogens is 1. The molecule has 0 amide bonds. The van der Waals surface area contributed by atoms with E-state index in [4.69, 9.17) is 0 Å². The van der Waals surface area contributed by atoms with E-state index in [9.17, 15) is 18.5 Å². The van der Waals surface area contributed by atoms with Gasteiger partial charge in [-0.2, -0.15) is 4.31 Å². The zero-order chi connectivity index (χ0) is 18.9. The minimum absolute atomic E-state index is 0.0702. The number of sulfonamides is 1. The molecule has 2 aliphatic rings. The SMILES string of the molecule is CC1CCN(c2ccc([N+](=O)[O-])cc2S(=O)(=O)N2CC[NH+](C)CC2)CC1. The average molecular weight is 383 g/mol. The monoisotopic (exact) mass is 383 g/mol. The van der Waals surface area contributed by atoms with Crippen molar-refractivity contribution in [2.45, 2.75) is 24.7 Å². The molecule has 0 atom stereocenters. The van der Waals surface area contributed by atoms with Gasteiger partial charge in [-0.15, -0.1) is 0 Å². The summed E-state index contributed by atoms with van der Waals surface area (Å²) in [4.78, 5) is 14.1. The number of benzene rings is 1. The van der Waals surface area contributed by atoms with Crippen LogP contribution >= 0.6 is 0 Å². The Morgan fingerprint density at radius 3 is 2.35 bits per heavy atom. The number of piperidine rings is 1. The normalized spacial score (nSPS) is 21.1. The molecule has 0 aromatic heterocycles. The van der Waals surface area contributed by atoms with Crippen molar-refractivity contribution in [1.29, 1.82) is 0 Å². The van der Waals surface area contributed by atoms with E-state index in [0.717, 1.165) is 39.0 Å². The third kappa shape index (κ3) is 3.84. The van der Waals surface area contributed by atoms with Crippen molar-refractivity contribution in [3.05, 3.63) is 28.3 Å². The first-order chi connectivity index (χ1) is 12.3. The lowest BCUT2D eigenvalue weighted by molar-refractivity contribution is -0.883. The number of nitro benzene ring substituents is 1. The van der Waals surface area contributed by atoms with Gasteiger partial charge in [-0.05, 0) is 24.8 Å². The van der Waals surface area contributed by atoms with E-state index in [1.165, 1.54) is 21.3 Å². The van der Waals surface area contributed by atoms with Gasteiger partial charge in [-0.25, -0.2) is 8.42 Å². The molecular weight excluding hydrogens is 356 g/mol. The molecule has 1 aromatic carbocycles. The summed E-state index contributed by atoms with van der Waals surface area (Å²) in [5, 5.41) is 11.2. The third-order valence-corrected chi connectivity index (χ3v) is 7.40. The molecule has 0 radical (unpaired) electrons. The summed E-state index contributed by atoms with van der Waals surface area (Å²) in [6, 6.07) is 4.23. The lowest BCUT2D eigenvalue weighted by atomic mass is 9.99. The summed E-state index contributed by atoms with van der Waals surface area (Å²) < 4.78 is 28.0. The summed E-state index contributed by atoms with van der Waals surface area (Å²) in [6.07, 6.45) is 1.99. The van der Waals surface area contributed by atoms with Crippen molar-refractivity contribution in [2.75, 3.05) is 51.2 Å². The Bertz CT molecular complexity index is 767. The Balaban J connectivity index is 1.99. The van der Waals surface area contributed by atoms with Crippen LogP contribution in [0, 0.1) is 16.0 Å². The van der Waals surface area contributed by atoms with E-state index < -0.39 is 14.9 Å². The standard InChI is InChI=1S/C17H26N4O4S/c1-14-5-7-19(8-6-14)16-4-3-15(21(22)23)13-17(16)26(24,25)20-11-9-18(2)10-12-20/h3-4,13-14H,5-12H2,1-2H3/p+1. The van der Waals surface area contributed by atoms with Crippen LogP contribution in [0.4, 0.5) is 11.4 Å². The van der Waals surface area contributed by atoms with Crippen LogP contribution < -0.4 is 9.80 Å². The van der Waals surface area contributed by atoms with Gasteiger partial charge >= 0.3 is 0 Å². The van der Waals surface area contributed by atoms with Gasteiger partial charge < -0.3 is 9.80 Å². The molecule has 0 unspecified atom stereocenters. The number of rotatable bonds is 4. The molecule has 9 heteroatoms. The number of piperazine rings is 1. The molecule has 0 aliphatic carbocycles. The van der Waals surface area contributed by atoms with E-state index >= 15 is 0 Å². The fourth-order valence-electron chi connectivity index (χ4n) is 3.58. The number of hydrogen-bond donors (Lipinski definition) is 1. The number of likely N-dealkylation sites (N-methyl/N-ethyl adjacent to an activating group) is 1. The van der Waals surface area contributed by atoms with Crippen molar-refractivity contribution in [1.82, 2.24) is 4.31 Å². The minimum atomic E-state index is -3.76. The van der Waals surface area contributed by atoms with Crippen molar-refractivity contribution in [3.63, 3.8) is 0 Å². The van der Waals surface area contributed by atoms with E-state index in [1.807, 2.05) is 7.05 Å². The van der Waals surface area contributed by atoms with Crippen molar-refractivity contribution in [2.24, 2.45) is 5.92 Å². The second-order valence-electron chi connectivity index (χ2n) is 7.44. The van der Waals surface area contributed by atoms with Crippen LogP contribution in [0.5, 0.6) is 0 Å². The smallest absolute Gasteiger partial charge is 0.270 e. The predicted molar refractivity (Wildman–Crippen MR) is 99.1 cm³/mol. The number of anilines is 1. The van der Waals surface area contributed by atoms with Gasteiger partial charge in [0.15, 0.2) is 0 Å². The zero-order valence-corrected chi connectivity index (χ0v) is 16.2. The lowest BCUT2D eigenvalue weighted by Gasteiger charge is -2.35. The third-order valence-electron chi connectivity index (χ3n) is 5.47. The molecular formula is C17H27N4O4S+. The molecule has 3 rings (SSSR count). The topological polar surface area (TPSA) is 88.2 Å². The maximum absolute atomic E-state index is 13.3. The Morgan fingerprint density at radius 1 is 1.15 bits per heavy atom. The predicted octanol–water partition coefficient (Wildman–Crippen LogP) is 0.350. The molecule has 1 aromatic rings. The maximum atomic E-state index is 13.3. The van der Waals surface area contributed by atoms with Crippen molar-refractivity contribution >= 4 is 21.4 Å². The summed E-state index contributed by atoms with van der Waals surface area (Å²) >= 11 is 0. The van der Waals surface area contributed by atoms with Crippen LogP contribution in [-0.2, 0) is 10.0 Å². The molecule has 2 heterocycles. The highest BCUT2D eigenvalue weighted by Crippen LogP contribution is 2.33. The second-order valence-corrected chi connectivity index (χ2v) is 9.35. The molecule has 0 spiro atoms. The molecule has 2 saturated heterocycles. The zero-order valence-electron chi connectivity index (χ0n) is 15.3. The van der Waals surface area contributed by atoms with Crippen LogP contribution in [0.25, 0.3) is 0 Å². The first kappa shape index (κ1) is 19.1.